The second-order valence-corrected chi connectivity index (χ2v) is 7.40. The molecule has 0 aliphatic rings. The molecular formula is C20H18F3N3O4S. The number of methoxy groups -OCH3 is 1. The first kappa shape index (κ1) is 22.5. The molecule has 0 aliphatic heterocycles. The molecule has 7 nitrogen and oxygen atoms in total. The van der Waals surface area contributed by atoms with Crippen molar-refractivity contribution in [3.8, 4) is 0 Å². The van der Waals surface area contributed by atoms with Crippen molar-refractivity contribution in [1.82, 2.24) is 9.97 Å². The van der Waals surface area contributed by atoms with Crippen LogP contribution in [0.2, 0.25) is 0 Å². The van der Waals surface area contributed by atoms with Crippen LogP contribution in [-0.4, -0.2) is 35.6 Å². The molecule has 0 amide bonds. The Bertz CT molecular complexity index is 1130. The van der Waals surface area contributed by atoms with Crippen LogP contribution in [-0.2, 0) is 26.9 Å². The Morgan fingerprint density at radius 2 is 1.84 bits per heavy atom. The number of halogens is 3. The number of nitrogens with zero attached hydrogens (tertiary/aromatic N) is 2. The van der Waals surface area contributed by atoms with Crippen LogP contribution in [0.25, 0.3) is 10.2 Å². The lowest BCUT2D eigenvalue weighted by atomic mass is 10.1. The van der Waals surface area contributed by atoms with Crippen LogP contribution >= 0.6 is 11.3 Å². The molecule has 0 aliphatic carbocycles. The van der Waals surface area contributed by atoms with Crippen molar-refractivity contribution in [3.05, 3.63) is 46.1 Å². The summed E-state index contributed by atoms with van der Waals surface area (Å²) >= 11 is 1.08. The first-order valence-corrected chi connectivity index (χ1v) is 9.94. The number of carbonyl (C=O) groups excluding carboxylic acids is 2. The monoisotopic (exact) mass is 453 g/mol. The molecule has 0 saturated carbocycles. The zero-order valence-electron chi connectivity index (χ0n) is 16.8. The van der Waals surface area contributed by atoms with Gasteiger partial charge in [0.1, 0.15) is 27.8 Å². The number of thiophene rings is 1. The highest BCUT2D eigenvalue weighted by molar-refractivity contribution is 7.20. The average molecular weight is 453 g/mol. The number of anilines is 2. The van der Waals surface area contributed by atoms with Gasteiger partial charge in [-0.25, -0.2) is 14.8 Å². The fourth-order valence-corrected chi connectivity index (χ4v) is 3.92. The van der Waals surface area contributed by atoms with Crippen molar-refractivity contribution in [2.45, 2.75) is 26.4 Å². The molecule has 3 aromatic rings. The van der Waals surface area contributed by atoms with Crippen LogP contribution in [0.3, 0.4) is 0 Å². The normalized spacial score (nSPS) is 11.4. The number of nitrogens with one attached hydrogen (secondary N) is 1. The Balaban J connectivity index is 2.08. The van der Waals surface area contributed by atoms with Gasteiger partial charge in [-0.05, 0) is 43.7 Å². The topological polar surface area (TPSA) is 90.4 Å². The summed E-state index contributed by atoms with van der Waals surface area (Å²) in [5.74, 6) is -0.671. The van der Waals surface area contributed by atoms with Crippen LogP contribution in [0, 0.1) is 6.92 Å². The van der Waals surface area contributed by atoms with E-state index in [0.29, 0.717) is 26.3 Å². The first-order chi connectivity index (χ1) is 14.6. The van der Waals surface area contributed by atoms with E-state index in [1.807, 2.05) is 0 Å². The van der Waals surface area contributed by atoms with E-state index in [0.717, 1.165) is 23.5 Å². The molecule has 0 unspecified atom stereocenters. The number of esters is 2. The number of carbonyl (C=O) groups is 2. The van der Waals surface area contributed by atoms with E-state index in [2.05, 4.69) is 20.0 Å². The minimum absolute atomic E-state index is 0.144. The van der Waals surface area contributed by atoms with Gasteiger partial charge in [-0.15, -0.1) is 11.3 Å². The van der Waals surface area contributed by atoms with Crippen LogP contribution in [0.5, 0.6) is 0 Å². The number of aromatic nitrogens is 2. The lowest BCUT2D eigenvalue weighted by Gasteiger charge is -2.11. The molecule has 164 valence electrons. The van der Waals surface area contributed by atoms with Crippen LogP contribution in [0.4, 0.5) is 24.7 Å². The van der Waals surface area contributed by atoms with Crippen LogP contribution < -0.4 is 5.32 Å². The number of aryl methyl sites for hydroxylation is 1. The predicted octanol–water partition coefficient (Wildman–Crippen LogP) is 4.65. The second kappa shape index (κ2) is 8.88. The van der Waals surface area contributed by atoms with Gasteiger partial charge in [-0.1, -0.05) is 0 Å². The molecular weight excluding hydrogens is 435 g/mol. The second-order valence-electron chi connectivity index (χ2n) is 6.40. The number of ether oxygens (including phenoxy) is 2. The van der Waals surface area contributed by atoms with Crippen molar-refractivity contribution in [1.29, 1.82) is 0 Å². The van der Waals surface area contributed by atoms with Crippen molar-refractivity contribution in [2.24, 2.45) is 0 Å². The molecule has 2 aromatic heterocycles. The van der Waals surface area contributed by atoms with E-state index in [1.165, 1.54) is 19.2 Å². The lowest BCUT2D eigenvalue weighted by molar-refractivity contribution is -0.140. The van der Waals surface area contributed by atoms with E-state index in [9.17, 15) is 22.8 Å². The zero-order valence-corrected chi connectivity index (χ0v) is 17.6. The van der Waals surface area contributed by atoms with Gasteiger partial charge in [-0.3, -0.25) is 4.79 Å². The number of benzene rings is 1. The maximum atomic E-state index is 12.8. The van der Waals surface area contributed by atoms with E-state index >= 15 is 0 Å². The van der Waals surface area contributed by atoms with Gasteiger partial charge in [-0.2, -0.15) is 13.2 Å². The maximum absolute atomic E-state index is 12.8. The standard InChI is InChI=1S/C20H18F3N3O4S/c1-4-30-19(28)16-10(2)15-17(24-12-7-5-11(6-8-12)20(21,22)23)25-13(9-14(27)29-3)26-18(15)31-16/h5-8H,4,9H2,1-3H3,(H,24,25,26). The molecule has 31 heavy (non-hydrogen) atoms. The molecule has 11 heteroatoms. The Labute approximate surface area is 179 Å². The molecule has 0 radical (unpaired) electrons. The minimum Gasteiger partial charge on any atom is -0.469 e. The maximum Gasteiger partial charge on any atom is 0.416 e. The summed E-state index contributed by atoms with van der Waals surface area (Å²) in [6, 6.07) is 4.43. The SMILES string of the molecule is CCOC(=O)c1sc2nc(CC(=O)OC)nc(Nc3ccc(C(F)(F)F)cc3)c2c1C. The van der Waals surface area contributed by atoms with Crippen molar-refractivity contribution < 1.29 is 32.2 Å². The third-order valence-electron chi connectivity index (χ3n) is 4.30. The third kappa shape index (κ3) is 4.93. The molecule has 0 atom stereocenters. The summed E-state index contributed by atoms with van der Waals surface area (Å²) in [5.41, 5.74) is 0.131. The molecule has 1 aromatic carbocycles. The Morgan fingerprint density at radius 1 is 1.16 bits per heavy atom. The number of alkyl halides is 3. The van der Waals surface area contributed by atoms with Gasteiger partial charge in [0.2, 0.25) is 0 Å². The Kier molecular flexibility index (Phi) is 6.44. The van der Waals surface area contributed by atoms with Crippen molar-refractivity contribution >= 4 is 45.0 Å². The van der Waals surface area contributed by atoms with Gasteiger partial charge in [0.05, 0.1) is 24.7 Å². The van der Waals surface area contributed by atoms with Crippen molar-refractivity contribution in [3.63, 3.8) is 0 Å². The van der Waals surface area contributed by atoms with E-state index in [4.69, 9.17) is 4.74 Å². The third-order valence-corrected chi connectivity index (χ3v) is 5.47. The zero-order chi connectivity index (χ0) is 22.8. The van der Waals surface area contributed by atoms with E-state index in [-0.39, 0.29) is 24.7 Å². The van der Waals surface area contributed by atoms with Gasteiger partial charge >= 0.3 is 18.1 Å². The summed E-state index contributed by atoms with van der Waals surface area (Å²) in [6.07, 6.45) is -4.66. The summed E-state index contributed by atoms with van der Waals surface area (Å²) < 4.78 is 48.2. The smallest absolute Gasteiger partial charge is 0.416 e. The van der Waals surface area contributed by atoms with E-state index in [1.54, 1.807) is 13.8 Å². The molecule has 0 saturated heterocycles. The van der Waals surface area contributed by atoms with Gasteiger partial charge in [0, 0.05) is 5.69 Å². The molecule has 1 N–H and O–H groups in total. The van der Waals surface area contributed by atoms with Crippen LogP contribution in [0.1, 0.15) is 33.5 Å². The Morgan fingerprint density at radius 3 is 2.42 bits per heavy atom. The summed E-state index contributed by atoms with van der Waals surface area (Å²) in [7, 11) is 1.23. The highest BCUT2D eigenvalue weighted by Crippen LogP contribution is 2.36. The first-order valence-electron chi connectivity index (χ1n) is 9.12. The number of fused-ring (bicyclic) bond motifs is 1. The molecule has 2 heterocycles. The molecule has 0 spiro atoms. The van der Waals surface area contributed by atoms with E-state index < -0.39 is 23.7 Å². The molecule has 3 rings (SSSR count). The number of hydrogen-bond donors (Lipinski definition) is 1. The number of rotatable bonds is 6. The summed E-state index contributed by atoms with van der Waals surface area (Å²) in [4.78, 5) is 33.4. The van der Waals surface area contributed by atoms with Gasteiger partial charge in [0.15, 0.2) is 0 Å². The molecule has 0 bridgehead atoms. The van der Waals surface area contributed by atoms with Crippen molar-refractivity contribution in [2.75, 3.05) is 19.0 Å². The minimum atomic E-state index is -4.45. The van der Waals surface area contributed by atoms with Gasteiger partial charge < -0.3 is 14.8 Å². The highest BCUT2D eigenvalue weighted by atomic mass is 32.1. The Hall–Kier alpha value is -3.21. The average Bonchev–Trinajstić information content (AvgIpc) is 3.04. The van der Waals surface area contributed by atoms with Crippen LogP contribution in [0.15, 0.2) is 24.3 Å². The fourth-order valence-electron chi connectivity index (χ4n) is 2.82. The predicted molar refractivity (Wildman–Crippen MR) is 109 cm³/mol. The number of hydrogen-bond acceptors (Lipinski definition) is 8. The summed E-state index contributed by atoms with van der Waals surface area (Å²) in [5, 5.41) is 3.48. The van der Waals surface area contributed by atoms with Gasteiger partial charge in [0.25, 0.3) is 0 Å². The highest BCUT2D eigenvalue weighted by Gasteiger charge is 2.30. The largest absolute Gasteiger partial charge is 0.469 e. The summed E-state index contributed by atoms with van der Waals surface area (Å²) in [6.45, 7) is 3.58. The molecule has 0 fully saturated rings. The quantitative estimate of drug-likeness (QED) is 0.543. The fraction of sp³-hybridized carbons (Fsp3) is 0.300. The lowest BCUT2D eigenvalue weighted by Crippen LogP contribution is -2.09.